The van der Waals surface area contributed by atoms with Crippen molar-refractivity contribution in [2.75, 3.05) is 6.61 Å². The number of rotatable bonds is 12. The highest BCUT2D eigenvalue weighted by atomic mass is 16.5. The van der Waals surface area contributed by atoms with E-state index in [4.69, 9.17) is 9.84 Å². The molecule has 2 atom stereocenters. The van der Waals surface area contributed by atoms with E-state index in [-0.39, 0.29) is 43.4 Å². The van der Waals surface area contributed by atoms with Crippen LogP contribution in [0.5, 0.6) is 0 Å². The quantitative estimate of drug-likeness (QED) is 0.415. The Morgan fingerprint density at radius 2 is 1.59 bits per heavy atom. The molecular weight excluding hydrogens is 432 g/mol. The number of alkyl carbamates (subject to hydrolysis) is 1. The zero-order valence-corrected chi connectivity index (χ0v) is 19.9. The predicted molar refractivity (Wildman–Crippen MR) is 131 cm³/mol. The number of hydrogen-bond donors (Lipinski definition) is 3. The molecule has 7 nitrogen and oxygen atoms in total. The summed E-state index contributed by atoms with van der Waals surface area (Å²) < 4.78 is 5.63. The molecule has 2 aromatic carbocycles. The molecule has 0 saturated heterocycles. The van der Waals surface area contributed by atoms with Gasteiger partial charge < -0.3 is 20.5 Å². The van der Waals surface area contributed by atoms with Crippen molar-refractivity contribution in [3.63, 3.8) is 0 Å². The van der Waals surface area contributed by atoms with Crippen LogP contribution in [0, 0.1) is 0 Å². The van der Waals surface area contributed by atoms with Crippen molar-refractivity contribution in [3.05, 3.63) is 59.7 Å². The van der Waals surface area contributed by atoms with Crippen molar-refractivity contribution in [2.45, 2.75) is 70.4 Å². The van der Waals surface area contributed by atoms with Crippen LogP contribution in [-0.4, -0.2) is 41.8 Å². The number of carbonyl (C=O) groups is 3. The summed E-state index contributed by atoms with van der Waals surface area (Å²) in [5, 5.41) is 14.5. The van der Waals surface area contributed by atoms with Gasteiger partial charge in [-0.1, -0.05) is 68.3 Å². The van der Waals surface area contributed by atoms with Gasteiger partial charge in [-0.25, -0.2) is 4.79 Å². The second-order valence-electron chi connectivity index (χ2n) is 8.91. The molecule has 0 radical (unpaired) electrons. The summed E-state index contributed by atoms with van der Waals surface area (Å²) in [4.78, 5) is 35.8. The van der Waals surface area contributed by atoms with Crippen molar-refractivity contribution >= 4 is 18.0 Å². The SMILES string of the molecule is CCCCC(CC(=O)NC(C)CCC(=O)O)NC(=O)OCC1c2ccccc2-c2ccccc21. The molecule has 0 saturated carbocycles. The zero-order valence-electron chi connectivity index (χ0n) is 19.9. The predicted octanol–water partition coefficient (Wildman–Crippen LogP) is 4.84. The smallest absolute Gasteiger partial charge is 0.407 e. The van der Waals surface area contributed by atoms with Crippen LogP contribution in [0.3, 0.4) is 0 Å². The first kappa shape index (κ1) is 25.3. The minimum atomic E-state index is -0.890. The average Bonchev–Trinajstić information content (AvgIpc) is 3.13. The lowest BCUT2D eigenvalue weighted by Gasteiger charge is -2.21. The maximum absolute atomic E-state index is 12.6. The fraction of sp³-hybridized carbons (Fsp3) is 0.444. The number of ether oxygens (including phenoxy) is 1. The van der Waals surface area contributed by atoms with E-state index in [2.05, 4.69) is 41.8 Å². The molecule has 0 aliphatic heterocycles. The van der Waals surface area contributed by atoms with E-state index >= 15 is 0 Å². The average molecular weight is 467 g/mol. The molecule has 0 bridgehead atoms. The van der Waals surface area contributed by atoms with Crippen molar-refractivity contribution in [1.29, 1.82) is 0 Å². The molecule has 3 rings (SSSR count). The van der Waals surface area contributed by atoms with E-state index < -0.39 is 12.1 Å². The third kappa shape index (κ3) is 6.83. The summed E-state index contributed by atoms with van der Waals surface area (Å²) in [7, 11) is 0. The minimum absolute atomic E-state index is 0.00128. The van der Waals surface area contributed by atoms with E-state index in [1.54, 1.807) is 6.92 Å². The van der Waals surface area contributed by atoms with Gasteiger partial charge in [0.25, 0.3) is 0 Å². The van der Waals surface area contributed by atoms with Gasteiger partial charge in [0, 0.05) is 30.8 Å². The molecule has 2 amide bonds. The first-order valence-corrected chi connectivity index (χ1v) is 12.0. The van der Waals surface area contributed by atoms with Crippen LogP contribution in [-0.2, 0) is 14.3 Å². The van der Waals surface area contributed by atoms with Gasteiger partial charge in [-0.15, -0.1) is 0 Å². The van der Waals surface area contributed by atoms with Crippen molar-refractivity contribution in [3.8, 4) is 11.1 Å². The van der Waals surface area contributed by atoms with E-state index in [9.17, 15) is 14.4 Å². The first-order chi connectivity index (χ1) is 16.4. The second-order valence-corrected chi connectivity index (χ2v) is 8.91. The fourth-order valence-electron chi connectivity index (χ4n) is 4.45. The van der Waals surface area contributed by atoms with E-state index in [0.717, 1.165) is 24.0 Å². The number of benzene rings is 2. The van der Waals surface area contributed by atoms with Crippen molar-refractivity contribution < 1.29 is 24.2 Å². The Morgan fingerprint density at radius 3 is 2.18 bits per heavy atom. The monoisotopic (exact) mass is 466 g/mol. The van der Waals surface area contributed by atoms with E-state index in [0.29, 0.717) is 12.8 Å². The van der Waals surface area contributed by atoms with Gasteiger partial charge in [0.15, 0.2) is 0 Å². The molecule has 3 N–H and O–H groups in total. The molecule has 0 aromatic heterocycles. The van der Waals surface area contributed by atoms with Gasteiger partial charge in [0.05, 0.1) is 0 Å². The molecule has 182 valence electrons. The number of carboxylic acid groups (broad SMARTS) is 1. The molecule has 7 heteroatoms. The van der Waals surface area contributed by atoms with Crippen LogP contribution in [0.1, 0.15) is 69.4 Å². The molecule has 34 heavy (non-hydrogen) atoms. The second kappa shape index (κ2) is 12.2. The van der Waals surface area contributed by atoms with Crippen LogP contribution >= 0.6 is 0 Å². The summed E-state index contributed by atoms with van der Waals surface area (Å²) >= 11 is 0. The van der Waals surface area contributed by atoms with Gasteiger partial charge in [0.1, 0.15) is 6.61 Å². The molecule has 1 aliphatic carbocycles. The Bertz CT molecular complexity index is 961. The summed E-state index contributed by atoms with van der Waals surface area (Å²) in [6, 6.07) is 15.7. The Hall–Kier alpha value is -3.35. The highest BCUT2D eigenvalue weighted by molar-refractivity contribution is 5.79. The van der Waals surface area contributed by atoms with Gasteiger partial charge >= 0.3 is 12.1 Å². The van der Waals surface area contributed by atoms with Crippen LogP contribution < -0.4 is 10.6 Å². The molecular formula is C27H34N2O5. The van der Waals surface area contributed by atoms with E-state index in [1.807, 2.05) is 24.3 Å². The van der Waals surface area contributed by atoms with E-state index in [1.165, 1.54) is 11.1 Å². The Balaban J connectivity index is 1.56. The standard InChI is InChI=1S/C27H34N2O5/c1-3-4-9-19(16-25(30)28-18(2)14-15-26(31)32)29-27(33)34-17-24-22-12-7-5-10-20(22)21-11-6-8-13-23(21)24/h5-8,10-13,18-19,24H,3-4,9,14-17H2,1-2H3,(H,28,30)(H,29,33)(H,31,32). The molecule has 2 unspecified atom stereocenters. The lowest BCUT2D eigenvalue weighted by atomic mass is 9.98. The molecule has 0 spiro atoms. The Kier molecular flexibility index (Phi) is 9.08. The number of carbonyl (C=O) groups excluding carboxylic acids is 2. The van der Waals surface area contributed by atoms with Crippen LogP contribution in [0.4, 0.5) is 4.79 Å². The number of nitrogens with one attached hydrogen (secondary N) is 2. The van der Waals surface area contributed by atoms with Gasteiger partial charge in [-0.2, -0.15) is 0 Å². The van der Waals surface area contributed by atoms with Gasteiger partial charge in [-0.05, 0) is 42.0 Å². The largest absolute Gasteiger partial charge is 0.481 e. The number of aliphatic carboxylic acids is 1. The van der Waals surface area contributed by atoms with Crippen LogP contribution in [0.25, 0.3) is 11.1 Å². The van der Waals surface area contributed by atoms with Crippen LogP contribution in [0.2, 0.25) is 0 Å². The summed E-state index contributed by atoms with van der Waals surface area (Å²) in [5.74, 6) is -1.12. The number of unbranched alkanes of at least 4 members (excludes halogenated alkanes) is 1. The van der Waals surface area contributed by atoms with Crippen molar-refractivity contribution in [2.24, 2.45) is 0 Å². The Morgan fingerprint density at radius 1 is 0.971 bits per heavy atom. The minimum Gasteiger partial charge on any atom is -0.481 e. The van der Waals surface area contributed by atoms with Crippen molar-refractivity contribution in [1.82, 2.24) is 10.6 Å². The lowest BCUT2D eigenvalue weighted by Crippen LogP contribution is -2.41. The summed E-state index contributed by atoms with van der Waals surface area (Å²) in [6.07, 6.45) is 2.43. The molecule has 1 aliphatic rings. The van der Waals surface area contributed by atoms with Crippen LogP contribution in [0.15, 0.2) is 48.5 Å². The third-order valence-electron chi connectivity index (χ3n) is 6.20. The first-order valence-electron chi connectivity index (χ1n) is 12.0. The fourth-order valence-corrected chi connectivity index (χ4v) is 4.45. The lowest BCUT2D eigenvalue weighted by molar-refractivity contribution is -0.137. The van der Waals surface area contributed by atoms with Gasteiger partial charge in [0.2, 0.25) is 5.91 Å². The topological polar surface area (TPSA) is 105 Å². The molecule has 0 heterocycles. The number of fused-ring (bicyclic) bond motifs is 3. The summed E-state index contributed by atoms with van der Waals surface area (Å²) in [5.41, 5.74) is 4.63. The number of carboxylic acids is 1. The number of hydrogen-bond acceptors (Lipinski definition) is 4. The molecule has 2 aromatic rings. The third-order valence-corrected chi connectivity index (χ3v) is 6.20. The zero-order chi connectivity index (χ0) is 24.5. The highest BCUT2D eigenvalue weighted by Gasteiger charge is 2.29. The number of amides is 2. The highest BCUT2D eigenvalue weighted by Crippen LogP contribution is 2.44. The molecule has 0 fully saturated rings. The Labute approximate surface area is 200 Å². The normalized spacial score (nSPS) is 13.9. The summed E-state index contributed by atoms with van der Waals surface area (Å²) in [6.45, 7) is 4.05. The maximum Gasteiger partial charge on any atom is 0.407 e. The van der Waals surface area contributed by atoms with Gasteiger partial charge in [-0.3, -0.25) is 9.59 Å². The maximum atomic E-state index is 12.6.